The minimum atomic E-state index is 0.701. The van der Waals surface area contributed by atoms with Gasteiger partial charge in [-0.1, -0.05) is 27.7 Å². The van der Waals surface area contributed by atoms with Crippen LogP contribution in [0.1, 0.15) is 40.5 Å². The Morgan fingerprint density at radius 3 is 2.29 bits per heavy atom. The van der Waals surface area contributed by atoms with Gasteiger partial charge in [-0.15, -0.1) is 0 Å². The molecule has 0 rings (SSSR count). The molecule has 0 aromatic heterocycles. The Balaban J connectivity index is 4.15. The molecule has 17 heavy (non-hydrogen) atoms. The highest BCUT2D eigenvalue weighted by Crippen LogP contribution is 2.11. The largest absolute Gasteiger partial charge is 0.383 e. The lowest BCUT2D eigenvalue weighted by Gasteiger charge is -2.32. The minimum absolute atomic E-state index is 0.701. The molecular formula is C14H32N2O. The van der Waals surface area contributed by atoms with Gasteiger partial charge in [0.25, 0.3) is 0 Å². The third-order valence-corrected chi connectivity index (χ3v) is 3.33. The van der Waals surface area contributed by atoms with Crippen LogP contribution in [0.4, 0.5) is 0 Å². The van der Waals surface area contributed by atoms with Crippen molar-refractivity contribution in [3.8, 4) is 0 Å². The zero-order valence-corrected chi connectivity index (χ0v) is 12.5. The second-order valence-corrected chi connectivity index (χ2v) is 4.87. The van der Waals surface area contributed by atoms with E-state index >= 15 is 0 Å². The lowest BCUT2D eigenvalue weighted by Crippen LogP contribution is -2.41. The van der Waals surface area contributed by atoms with Crippen molar-refractivity contribution in [1.29, 1.82) is 0 Å². The summed E-state index contributed by atoms with van der Waals surface area (Å²) in [5.41, 5.74) is 0. The average Bonchev–Trinajstić information content (AvgIpc) is 2.34. The zero-order valence-electron chi connectivity index (χ0n) is 12.5. The van der Waals surface area contributed by atoms with E-state index in [2.05, 4.69) is 37.9 Å². The van der Waals surface area contributed by atoms with Gasteiger partial charge >= 0.3 is 0 Å². The summed E-state index contributed by atoms with van der Waals surface area (Å²) < 4.78 is 5.22. The Hall–Kier alpha value is -0.120. The number of methoxy groups -OCH3 is 1. The summed E-state index contributed by atoms with van der Waals surface area (Å²) in [5.74, 6) is 0.701. The lowest BCUT2D eigenvalue weighted by atomic mass is 10.1. The monoisotopic (exact) mass is 244 g/mol. The van der Waals surface area contributed by atoms with Crippen molar-refractivity contribution < 1.29 is 4.74 Å². The van der Waals surface area contributed by atoms with E-state index in [4.69, 9.17) is 4.74 Å². The highest BCUT2D eigenvalue weighted by atomic mass is 16.5. The van der Waals surface area contributed by atoms with Crippen molar-refractivity contribution in [2.24, 2.45) is 5.92 Å². The van der Waals surface area contributed by atoms with E-state index in [1.54, 1.807) is 7.11 Å². The van der Waals surface area contributed by atoms with Crippen LogP contribution in [0.5, 0.6) is 0 Å². The molecule has 1 N–H and O–H groups in total. The smallest absolute Gasteiger partial charge is 0.0589 e. The molecule has 1 unspecified atom stereocenters. The number of hydrogen-bond acceptors (Lipinski definition) is 3. The third-order valence-electron chi connectivity index (χ3n) is 3.33. The van der Waals surface area contributed by atoms with Gasteiger partial charge in [0.05, 0.1) is 6.61 Å². The standard InChI is InChI=1S/C14H32N2O/c1-6-14(7-2)16(9-10-17-5)12-13(4)11-15-8-3/h13-15H,6-12H2,1-5H3. The molecule has 0 amide bonds. The summed E-state index contributed by atoms with van der Waals surface area (Å²) >= 11 is 0. The maximum absolute atomic E-state index is 5.22. The first-order chi connectivity index (χ1) is 8.19. The van der Waals surface area contributed by atoms with Crippen LogP contribution in [0.25, 0.3) is 0 Å². The first-order valence-corrected chi connectivity index (χ1v) is 7.13. The van der Waals surface area contributed by atoms with Crippen molar-refractivity contribution in [2.75, 3.05) is 39.9 Å². The molecule has 0 aliphatic heterocycles. The molecule has 3 heteroatoms. The summed E-state index contributed by atoms with van der Waals surface area (Å²) in [6.45, 7) is 14.3. The molecule has 104 valence electrons. The number of ether oxygens (including phenoxy) is 1. The van der Waals surface area contributed by atoms with E-state index in [1.165, 1.54) is 19.4 Å². The van der Waals surface area contributed by atoms with E-state index in [0.717, 1.165) is 26.2 Å². The average molecular weight is 244 g/mol. The summed E-state index contributed by atoms with van der Waals surface area (Å²) in [6, 6.07) is 0.703. The number of nitrogens with zero attached hydrogens (tertiary/aromatic N) is 1. The van der Waals surface area contributed by atoms with E-state index in [-0.39, 0.29) is 0 Å². The molecule has 1 atom stereocenters. The fraction of sp³-hybridized carbons (Fsp3) is 1.00. The SMILES string of the molecule is CCNCC(C)CN(CCOC)C(CC)CC. The Bertz CT molecular complexity index is 160. The van der Waals surface area contributed by atoms with Gasteiger partial charge in [0.15, 0.2) is 0 Å². The Kier molecular flexibility index (Phi) is 10.9. The molecule has 0 bridgehead atoms. The number of hydrogen-bond donors (Lipinski definition) is 1. The van der Waals surface area contributed by atoms with Crippen molar-refractivity contribution in [3.05, 3.63) is 0 Å². The van der Waals surface area contributed by atoms with E-state index in [1.807, 2.05) is 0 Å². The maximum Gasteiger partial charge on any atom is 0.0589 e. The molecular weight excluding hydrogens is 212 g/mol. The molecule has 0 aliphatic carbocycles. The highest BCUT2D eigenvalue weighted by Gasteiger charge is 2.17. The van der Waals surface area contributed by atoms with Crippen LogP contribution in [0, 0.1) is 5.92 Å². The first kappa shape index (κ1) is 16.9. The highest BCUT2D eigenvalue weighted by molar-refractivity contribution is 4.72. The van der Waals surface area contributed by atoms with Gasteiger partial charge in [-0.3, -0.25) is 4.90 Å². The van der Waals surface area contributed by atoms with Gasteiger partial charge in [-0.05, 0) is 31.8 Å². The first-order valence-electron chi connectivity index (χ1n) is 7.13. The normalized spacial score (nSPS) is 13.6. The molecule has 0 aromatic carbocycles. The second-order valence-electron chi connectivity index (χ2n) is 4.87. The Labute approximate surface area is 108 Å². The van der Waals surface area contributed by atoms with Crippen LogP contribution in [-0.2, 0) is 4.74 Å². The Morgan fingerprint density at radius 1 is 1.18 bits per heavy atom. The summed E-state index contributed by atoms with van der Waals surface area (Å²) in [6.07, 6.45) is 2.46. The van der Waals surface area contributed by atoms with Crippen LogP contribution >= 0.6 is 0 Å². The second kappa shape index (κ2) is 11.0. The predicted molar refractivity (Wildman–Crippen MR) is 75.5 cm³/mol. The van der Waals surface area contributed by atoms with Crippen molar-refractivity contribution in [1.82, 2.24) is 10.2 Å². The van der Waals surface area contributed by atoms with E-state index < -0.39 is 0 Å². The van der Waals surface area contributed by atoms with Gasteiger partial charge in [0, 0.05) is 26.2 Å². The van der Waals surface area contributed by atoms with E-state index in [0.29, 0.717) is 12.0 Å². The van der Waals surface area contributed by atoms with Crippen molar-refractivity contribution in [2.45, 2.75) is 46.6 Å². The molecule has 0 aliphatic rings. The lowest BCUT2D eigenvalue weighted by molar-refractivity contribution is 0.103. The minimum Gasteiger partial charge on any atom is -0.383 e. The summed E-state index contributed by atoms with van der Waals surface area (Å²) in [4.78, 5) is 2.59. The molecule has 0 spiro atoms. The molecule has 0 saturated heterocycles. The van der Waals surface area contributed by atoms with Gasteiger partial charge in [-0.2, -0.15) is 0 Å². The van der Waals surface area contributed by atoms with E-state index in [9.17, 15) is 0 Å². The van der Waals surface area contributed by atoms with Crippen LogP contribution in [0.3, 0.4) is 0 Å². The molecule has 0 saturated carbocycles. The van der Waals surface area contributed by atoms with Gasteiger partial charge in [0.2, 0.25) is 0 Å². The van der Waals surface area contributed by atoms with Gasteiger partial charge in [-0.25, -0.2) is 0 Å². The zero-order chi connectivity index (χ0) is 13.1. The van der Waals surface area contributed by atoms with Gasteiger partial charge < -0.3 is 10.1 Å². The van der Waals surface area contributed by atoms with Gasteiger partial charge in [0.1, 0.15) is 0 Å². The third kappa shape index (κ3) is 7.74. The van der Waals surface area contributed by atoms with Crippen LogP contribution < -0.4 is 5.32 Å². The predicted octanol–water partition coefficient (Wildman–Crippen LogP) is 2.37. The molecule has 0 heterocycles. The summed E-state index contributed by atoms with van der Waals surface area (Å²) in [5, 5.41) is 3.43. The fourth-order valence-electron chi connectivity index (χ4n) is 2.29. The maximum atomic E-state index is 5.22. The summed E-state index contributed by atoms with van der Waals surface area (Å²) in [7, 11) is 1.78. The topological polar surface area (TPSA) is 24.5 Å². The molecule has 0 aromatic rings. The molecule has 3 nitrogen and oxygen atoms in total. The van der Waals surface area contributed by atoms with Crippen LogP contribution in [0.2, 0.25) is 0 Å². The number of nitrogens with one attached hydrogen (secondary N) is 1. The Morgan fingerprint density at radius 2 is 1.82 bits per heavy atom. The van der Waals surface area contributed by atoms with Crippen molar-refractivity contribution >= 4 is 0 Å². The molecule has 0 fully saturated rings. The van der Waals surface area contributed by atoms with Crippen LogP contribution in [0.15, 0.2) is 0 Å². The fourth-order valence-corrected chi connectivity index (χ4v) is 2.29. The van der Waals surface area contributed by atoms with Crippen molar-refractivity contribution in [3.63, 3.8) is 0 Å². The quantitative estimate of drug-likeness (QED) is 0.604. The van der Waals surface area contributed by atoms with Crippen LogP contribution in [-0.4, -0.2) is 50.8 Å². The molecule has 0 radical (unpaired) electrons. The number of rotatable bonds is 11.